The first-order chi connectivity index (χ1) is 7.63. The predicted molar refractivity (Wildman–Crippen MR) is 58.1 cm³/mol. The molecule has 2 atom stereocenters. The van der Waals surface area contributed by atoms with Crippen LogP contribution in [0.15, 0.2) is 0 Å². The second-order valence-corrected chi connectivity index (χ2v) is 4.13. The van der Waals surface area contributed by atoms with Gasteiger partial charge in [0.2, 0.25) is 5.91 Å². The van der Waals surface area contributed by atoms with Gasteiger partial charge in [-0.3, -0.25) is 9.59 Å². The Balaban J connectivity index is 2.33. The molecule has 5 nitrogen and oxygen atoms in total. The molecule has 0 heterocycles. The maximum Gasteiger partial charge on any atom is 0.303 e. The normalized spacial score (nSPS) is 25.1. The van der Waals surface area contributed by atoms with Gasteiger partial charge in [-0.2, -0.15) is 0 Å². The van der Waals surface area contributed by atoms with E-state index in [2.05, 4.69) is 5.32 Å². The van der Waals surface area contributed by atoms with E-state index in [1.54, 1.807) is 7.11 Å². The number of methoxy groups -OCH3 is 1. The fraction of sp³-hybridized carbons (Fsp3) is 0.818. The van der Waals surface area contributed by atoms with Crippen molar-refractivity contribution in [3.8, 4) is 0 Å². The van der Waals surface area contributed by atoms with Crippen molar-refractivity contribution in [1.29, 1.82) is 0 Å². The van der Waals surface area contributed by atoms with Crippen molar-refractivity contribution in [3.05, 3.63) is 0 Å². The van der Waals surface area contributed by atoms with Crippen LogP contribution in [0, 0.1) is 0 Å². The zero-order chi connectivity index (χ0) is 12.0. The molecule has 2 N–H and O–H groups in total. The minimum absolute atomic E-state index is 0.0417. The molecule has 5 heteroatoms. The highest BCUT2D eigenvalue weighted by atomic mass is 16.5. The highest BCUT2D eigenvalue weighted by Gasteiger charge is 2.26. The summed E-state index contributed by atoms with van der Waals surface area (Å²) in [7, 11) is 1.65. The second kappa shape index (κ2) is 6.48. The number of hydrogen-bond acceptors (Lipinski definition) is 3. The average Bonchev–Trinajstić information content (AvgIpc) is 2.27. The molecule has 16 heavy (non-hydrogen) atoms. The molecule has 0 unspecified atom stereocenters. The Kier molecular flexibility index (Phi) is 5.25. The van der Waals surface area contributed by atoms with E-state index in [0.29, 0.717) is 0 Å². The Hall–Kier alpha value is -1.10. The molecule has 0 aromatic rings. The largest absolute Gasteiger partial charge is 0.481 e. The number of carboxylic acids is 1. The van der Waals surface area contributed by atoms with E-state index >= 15 is 0 Å². The molecule has 1 aliphatic carbocycles. The van der Waals surface area contributed by atoms with Gasteiger partial charge in [0, 0.05) is 13.5 Å². The summed E-state index contributed by atoms with van der Waals surface area (Å²) in [5, 5.41) is 11.3. The van der Waals surface area contributed by atoms with Crippen molar-refractivity contribution < 1.29 is 19.4 Å². The summed E-state index contributed by atoms with van der Waals surface area (Å²) in [6, 6.07) is 0.0417. The third-order valence-electron chi connectivity index (χ3n) is 2.92. The summed E-state index contributed by atoms with van der Waals surface area (Å²) in [5.41, 5.74) is 0. The Bertz CT molecular complexity index is 254. The van der Waals surface area contributed by atoms with Crippen LogP contribution in [0.5, 0.6) is 0 Å². The molecular weight excluding hydrogens is 210 g/mol. The number of carboxylic acid groups (broad SMARTS) is 1. The summed E-state index contributed by atoms with van der Waals surface area (Å²) in [6.07, 6.45) is 4.09. The van der Waals surface area contributed by atoms with E-state index in [0.717, 1.165) is 25.7 Å². The summed E-state index contributed by atoms with van der Waals surface area (Å²) < 4.78 is 5.30. The Morgan fingerprint density at radius 3 is 2.62 bits per heavy atom. The van der Waals surface area contributed by atoms with Gasteiger partial charge >= 0.3 is 5.97 Å². The summed E-state index contributed by atoms with van der Waals surface area (Å²) in [5.74, 6) is -1.14. The fourth-order valence-electron chi connectivity index (χ4n) is 2.04. The third kappa shape index (κ3) is 4.18. The van der Waals surface area contributed by atoms with E-state index in [4.69, 9.17) is 9.84 Å². The van der Waals surface area contributed by atoms with Crippen molar-refractivity contribution in [2.75, 3.05) is 7.11 Å². The maximum atomic E-state index is 11.4. The smallest absolute Gasteiger partial charge is 0.303 e. The van der Waals surface area contributed by atoms with Gasteiger partial charge in [0.15, 0.2) is 0 Å². The first-order valence-corrected chi connectivity index (χ1v) is 5.67. The third-order valence-corrected chi connectivity index (χ3v) is 2.92. The molecule has 1 rings (SSSR count). The van der Waals surface area contributed by atoms with E-state index < -0.39 is 5.97 Å². The number of hydrogen-bond donors (Lipinski definition) is 2. The summed E-state index contributed by atoms with van der Waals surface area (Å²) in [4.78, 5) is 21.8. The van der Waals surface area contributed by atoms with Crippen molar-refractivity contribution in [2.24, 2.45) is 0 Å². The van der Waals surface area contributed by atoms with Crippen LogP contribution in [0.4, 0.5) is 0 Å². The lowest BCUT2D eigenvalue weighted by molar-refractivity contribution is -0.139. The Morgan fingerprint density at radius 2 is 2.00 bits per heavy atom. The van der Waals surface area contributed by atoms with Gasteiger partial charge in [-0.15, -0.1) is 0 Å². The van der Waals surface area contributed by atoms with Crippen molar-refractivity contribution >= 4 is 11.9 Å². The number of carbonyl (C=O) groups excluding carboxylic acids is 1. The van der Waals surface area contributed by atoms with Gasteiger partial charge in [-0.1, -0.05) is 12.8 Å². The molecule has 0 spiro atoms. The van der Waals surface area contributed by atoms with Crippen LogP contribution >= 0.6 is 0 Å². The molecule has 0 bridgehead atoms. The zero-order valence-electron chi connectivity index (χ0n) is 9.57. The monoisotopic (exact) mass is 229 g/mol. The number of rotatable bonds is 5. The fourth-order valence-corrected chi connectivity index (χ4v) is 2.04. The average molecular weight is 229 g/mol. The van der Waals surface area contributed by atoms with Gasteiger partial charge < -0.3 is 15.2 Å². The number of nitrogens with one attached hydrogen (secondary N) is 1. The van der Waals surface area contributed by atoms with Crippen LogP contribution in [-0.2, 0) is 14.3 Å². The maximum absolute atomic E-state index is 11.4. The van der Waals surface area contributed by atoms with Gasteiger partial charge in [0.25, 0.3) is 0 Å². The number of aliphatic carboxylic acids is 1. The van der Waals surface area contributed by atoms with Crippen LogP contribution < -0.4 is 5.32 Å². The molecule has 0 saturated heterocycles. The molecule has 0 aliphatic heterocycles. The molecule has 1 aliphatic rings. The van der Waals surface area contributed by atoms with Gasteiger partial charge in [0.1, 0.15) is 0 Å². The first-order valence-electron chi connectivity index (χ1n) is 5.67. The van der Waals surface area contributed by atoms with E-state index in [-0.39, 0.29) is 30.9 Å². The van der Waals surface area contributed by atoms with Gasteiger partial charge in [0.05, 0.1) is 18.6 Å². The van der Waals surface area contributed by atoms with Crippen molar-refractivity contribution in [2.45, 2.75) is 50.7 Å². The lowest BCUT2D eigenvalue weighted by Crippen LogP contribution is -2.45. The number of amides is 1. The van der Waals surface area contributed by atoms with Crippen molar-refractivity contribution in [3.63, 3.8) is 0 Å². The Labute approximate surface area is 95.2 Å². The zero-order valence-corrected chi connectivity index (χ0v) is 9.57. The molecule has 0 radical (unpaired) electrons. The molecule has 0 aromatic carbocycles. The van der Waals surface area contributed by atoms with Gasteiger partial charge in [-0.25, -0.2) is 0 Å². The van der Waals surface area contributed by atoms with E-state index in [9.17, 15) is 9.59 Å². The standard InChI is InChI=1S/C11H19NO4/c1-16-9-5-3-2-4-8(9)12-10(13)6-7-11(14)15/h8-9H,2-7H2,1H3,(H,12,13)(H,14,15)/t8-,9-/m0/s1. The molecule has 1 amide bonds. The first kappa shape index (κ1) is 13.0. The lowest BCUT2D eigenvalue weighted by atomic mass is 9.92. The van der Waals surface area contributed by atoms with Crippen molar-refractivity contribution in [1.82, 2.24) is 5.32 Å². The minimum Gasteiger partial charge on any atom is -0.481 e. The number of carbonyl (C=O) groups is 2. The van der Waals surface area contributed by atoms with Gasteiger partial charge in [-0.05, 0) is 12.8 Å². The van der Waals surface area contributed by atoms with Crippen LogP contribution in [0.2, 0.25) is 0 Å². The lowest BCUT2D eigenvalue weighted by Gasteiger charge is -2.31. The Morgan fingerprint density at radius 1 is 1.31 bits per heavy atom. The van der Waals surface area contributed by atoms with E-state index in [1.807, 2.05) is 0 Å². The molecule has 0 aromatic heterocycles. The van der Waals surface area contributed by atoms with Crippen LogP contribution in [0.3, 0.4) is 0 Å². The quantitative estimate of drug-likeness (QED) is 0.735. The van der Waals surface area contributed by atoms with Crippen LogP contribution in [-0.4, -0.2) is 36.2 Å². The van der Waals surface area contributed by atoms with E-state index in [1.165, 1.54) is 0 Å². The molecule has 92 valence electrons. The summed E-state index contributed by atoms with van der Waals surface area (Å²) >= 11 is 0. The molecule has 1 saturated carbocycles. The van der Waals surface area contributed by atoms with Crippen LogP contribution in [0.1, 0.15) is 38.5 Å². The minimum atomic E-state index is -0.943. The SMILES string of the molecule is CO[C@H]1CCCC[C@@H]1NC(=O)CCC(=O)O. The molecule has 1 fully saturated rings. The topological polar surface area (TPSA) is 75.6 Å². The van der Waals surface area contributed by atoms with Crippen LogP contribution in [0.25, 0.3) is 0 Å². The highest BCUT2D eigenvalue weighted by Crippen LogP contribution is 2.20. The highest BCUT2D eigenvalue weighted by molar-refractivity contribution is 5.80. The second-order valence-electron chi connectivity index (χ2n) is 4.13. The molecular formula is C11H19NO4. The predicted octanol–water partition coefficient (Wildman–Crippen LogP) is 0.925. The summed E-state index contributed by atoms with van der Waals surface area (Å²) in [6.45, 7) is 0. The number of ether oxygens (including phenoxy) is 1.